The van der Waals surface area contributed by atoms with E-state index in [0.717, 1.165) is 0 Å². The number of aryl methyl sites for hydroxylation is 1. The third-order valence-electron chi connectivity index (χ3n) is 6.96. The van der Waals surface area contributed by atoms with E-state index in [0.29, 0.717) is 27.9 Å². The zero-order valence-corrected chi connectivity index (χ0v) is 22.5. The Morgan fingerprint density at radius 2 is 1.71 bits per heavy atom. The largest absolute Gasteiger partial charge is 0.461 e. The van der Waals surface area contributed by atoms with Crippen LogP contribution in [-0.2, 0) is 9.22 Å². The number of nitrogens with one attached hydrogen (secondary N) is 1. The van der Waals surface area contributed by atoms with Gasteiger partial charge in [-0.15, -0.1) is 0 Å². The average Bonchev–Trinajstić information content (AvgIpc) is 3.12. The van der Waals surface area contributed by atoms with E-state index in [-0.39, 0.29) is 17.2 Å². The smallest absolute Gasteiger partial charge is 0.256 e. The highest BCUT2D eigenvalue weighted by Crippen LogP contribution is 2.37. The van der Waals surface area contributed by atoms with E-state index in [4.69, 9.17) is 14.6 Å². The molecule has 0 fully saturated rings. The summed E-state index contributed by atoms with van der Waals surface area (Å²) >= 11 is 0. The molecule has 0 saturated carbocycles. The Morgan fingerprint density at radius 3 is 2.29 bits per heavy atom. The van der Waals surface area contributed by atoms with Gasteiger partial charge in [0.25, 0.3) is 5.91 Å². The average molecular weight is 499 g/mol. The molecule has 6 nitrogen and oxygen atoms in total. The Labute approximate surface area is 207 Å². The van der Waals surface area contributed by atoms with E-state index in [1.165, 1.54) is 0 Å². The summed E-state index contributed by atoms with van der Waals surface area (Å²) in [5.74, 6) is -0.876. The predicted octanol–water partition coefficient (Wildman–Crippen LogP) is 5.80. The number of carbonyl (C=O) groups excluding carboxylic acids is 2. The van der Waals surface area contributed by atoms with Crippen LogP contribution < -0.4 is 11.1 Å². The molecule has 3 rings (SSSR count). The molecule has 8 heteroatoms. The van der Waals surface area contributed by atoms with Gasteiger partial charge in [0.1, 0.15) is 16.9 Å². The van der Waals surface area contributed by atoms with Crippen molar-refractivity contribution in [1.82, 2.24) is 5.32 Å². The second-order valence-corrected chi connectivity index (χ2v) is 15.6. The zero-order chi connectivity index (χ0) is 26.2. The highest BCUT2D eigenvalue weighted by atomic mass is 28.4. The number of benzene rings is 2. The molecule has 3 aromatic rings. The molecule has 0 bridgehead atoms. The summed E-state index contributed by atoms with van der Waals surface area (Å²) in [7, 11) is -2.20. The van der Waals surface area contributed by atoms with Crippen LogP contribution in [0.2, 0.25) is 18.1 Å². The van der Waals surface area contributed by atoms with Crippen molar-refractivity contribution in [2.45, 2.75) is 64.5 Å². The van der Waals surface area contributed by atoms with E-state index in [9.17, 15) is 9.59 Å². The van der Waals surface area contributed by atoms with Crippen LogP contribution in [0.15, 0.2) is 52.9 Å². The van der Waals surface area contributed by atoms with E-state index >= 15 is 4.39 Å². The number of hydrogen-bond donors (Lipinski definition) is 2. The fraction of sp³-hybridized carbons (Fsp3) is 0.407. The monoisotopic (exact) mass is 498 g/mol. The Balaban J connectivity index is 1.93. The van der Waals surface area contributed by atoms with Gasteiger partial charge in [0.05, 0.1) is 12.2 Å². The lowest BCUT2D eigenvalue weighted by Gasteiger charge is -2.39. The molecule has 188 valence electrons. The second-order valence-electron chi connectivity index (χ2n) is 10.8. The van der Waals surface area contributed by atoms with Gasteiger partial charge in [0, 0.05) is 5.39 Å². The van der Waals surface area contributed by atoms with Crippen LogP contribution in [0.5, 0.6) is 0 Å². The molecular weight excluding hydrogens is 463 g/mol. The fourth-order valence-electron chi connectivity index (χ4n) is 3.52. The van der Waals surface area contributed by atoms with Gasteiger partial charge in [0.2, 0.25) is 5.91 Å². The van der Waals surface area contributed by atoms with Crippen LogP contribution in [0.1, 0.15) is 61.1 Å². The van der Waals surface area contributed by atoms with Gasteiger partial charge in [-0.3, -0.25) is 9.59 Å². The molecule has 2 aromatic carbocycles. The molecule has 2 atom stereocenters. The first-order valence-corrected chi connectivity index (χ1v) is 14.6. The summed E-state index contributed by atoms with van der Waals surface area (Å²) < 4.78 is 27.2. The van der Waals surface area contributed by atoms with Crippen molar-refractivity contribution in [2.75, 3.05) is 6.61 Å². The van der Waals surface area contributed by atoms with Crippen LogP contribution >= 0.6 is 0 Å². The van der Waals surface area contributed by atoms with E-state index < -0.39 is 31.8 Å². The number of alkyl halides is 1. The van der Waals surface area contributed by atoms with Gasteiger partial charge >= 0.3 is 0 Å². The Kier molecular flexibility index (Phi) is 7.29. The molecule has 3 N–H and O–H groups in total. The van der Waals surface area contributed by atoms with Crippen molar-refractivity contribution >= 4 is 31.1 Å². The standard InChI is InChI=1S/C27H35FN2O4Si/c1-17-22(24(31)30-27(5,25(29)32)16-33-35(6,7)26(2,3)4)20-15-19(13-14-21(20)34-17)23(28)18-11-9-8-10-12-18/h8-15,23H,16H2,1-7H3,(H2,29,32)(H,30,31)/t23?,27-/m0/s1. The maximum atomic E-state index is 15.2. The normalized spacial score (nSPS) is 15.0. The van der Waals surface area contributed by atoms with Gasteiger partial charge in [-0.05, 0) is 55.2 Å². The summed E-state index contributed by atoms with van der Waals surface area (Å²) in [6, 6.07) is 13.7. The highest BCUT2D eigenvalue weighted by Gasteiger charge is 2.42. The number of carbonyl (C=O) groups is 2. The van der Waals surface area contributed by atoms with Crippen molar-refractivity contribution in [3.63, 3.8) is 0 Å². The molecule has 0 saturated heterocycles. The summed E-state index contributed by atoms with van der Waals surface area (Å²) in [5.41, 5.74) is 5.87. The van der Waals surface area contributed by atoms with Gasteiger partial charge < -0.3 is 19.9 Å². The molecule has 0 aliphatic rings. The number of fused-ring (bicyclic) bond motifs is 1. The lowest BCUT2D eigenvalue weighted by molar-refractivity contribution is -0.124. The molecule has 1 heterocycles. The Morgan fingerprint density at radius 1 is 1.09 bits per heavy atom. The van der Waals surface area contributed by atoms with Gasteiger partial charge in [-0.1, -0.05) is 57.2 Å². The molecule has 0 aliphatic carbocycles. The van der Waals surface area contributed by atoms with Crippen LogP contribution in [0, 0.1) is 6.92 Å². The first-order valence-electron chi connectivity index (χ1n) is 11.6. The van der Waals surface area contributed by atoms with Crippen LogP contribution in [0.25, 0.3) is 11.0 Å². The number of furan rings is 1. The molecule has 35 heavy (non-hydrogen) atoms. The first-order chi connectivity index (χ1) is 16.2. The summed E-state index contributed by atoms with van der Waals surface area (Å²) in [6.45, 7) is 13.5. The Hall–Kier alpha value is -2.97. The number of halogens is 1. The van der Waals surface area contributed by atoms with E-state index in [1.807, 2.05) is 6.07 Å². The third kappa shape index (κ3) is 5.49. The van der Waals surface area contributed by atoms with Gasteiger partial charge in [-0.25, -0.2) is 4.39 Å². The van der Waals surface area contributed by atoms with Gasteiger partial charge in [0.15, 0.2) is 14.5 Å². The first kappa shape index (κ1) is 26.6. The van der Waals surface area contributed by atoms with Crippen LogP contribution in [-0.4, -0.2) is 32.3 Å². The van der Waals surface area contributed by atoms with Crippen molar-refractivity contribution in [2.24, 2.45) is 5.73 Å². The maximum Gasteiger partial charge on any atom is 0.256 e. The molecule has 2 amide bonds. The molecule has 1 unspecified atom stereocenters. The van der Waals surface area contributed by atoms with Crippen molar-refractivity contribution in [3.8, 4) is 0 Å². The van der Waals surface area contributed by atoms with E-state index in [1.54, 1.807) is 56.3 Å². The zero-order valence-electron chi connectivity index (χ0n) is 21.5. The minimum absolute atomic E-state index is 0.0504. The topological polar surface area (TPSA) is 94.6 Å². The molecule has 0 spiro atoms. The molecule has 1 aromatic heterocycles. The molecule has 0 radical (unpaired) electrons. The van der Waals surface area contributed by atoms with E-state index in [2.05, 4.69) is 39.2 Å². The fourth-order valence-corrected chi connectivity index (χ4v) is 4.60. The minimum Gasteiger partial charge on any atom is -0.461 e. The number of hydrogen-bond acceptors (Lipinski definition) is 4. The summed E-state index contributed by atoms with van der Waals surface area (Å²) in [6.07, 6.45) is -1.36. The molecular formula is C27H35FN2O4Si. The van der Waals surface area contributed by atoms with Crippen LogP contribution in [0.3, 0.4) is 0 Å². The number of primary amides is 1. The van der Waals surface area contributed by atoms with Crippen LogP contribution in [0.4, 0.5) is 4.39 Å². The maximum absolute atomic E-state index is 15.2. The molecule has 0 aliphatic heterocycles. The van der Waals surface area contributed by atoms with Crippen molar-refractivity contribution in [3.05, 3.63) is 71.0 Å². The summed E-state index contributed by atoms with van der Waals surface area (Å²) in [5, 5.41) is 3.15. The van der Waals surface area contributed by atoms with Crippen molar-refractivity contribution < 1.29 is 22.8 Å². The SMILES string of the molecule is Cc1oc2ccc(C(F)c3ccccc3)cc2c1C(=O)N[C@@](C)(CO[Si](C)(C)C(C)(C)C)C(N)=O. The minimum atomic E-state index is -2.20. The predicted molar refractivity (Wildman–Crippen MR) is 139 cm³/mol. The number of nitrogens with two attached hydrogens (primary N) is 1. The van der Waals surface area contributed by atoms with Gasteiger partial charge in [-0.2, -0.15) is 0 Å². The summed E-state index contributed by atoms with van der Waals surface area (Å²) in [4.78, 5) is 25.8. The highest BCUT2D eigenvalue weighted by molar-refractivity contribution is 6.74. The quantitative estimate of drug-likeness (QED) is 0.384. The number of amides is 2. The number of rotatable bonds is 8. The second kappa shape index (κ2) is 9.58. The lowest BCUT2D eigenvalue weighted by atomic mass is 9.98. The third-order valence-corrected chi connectivity index (χ3v) is 11.4. The van der Waals surface area contributed by atoms with Crippen molar-refractivity contribution in [1.29, 1.82) is 0 Å². The Bertz CT molecular complexity index is 1230. The lowest BCUT2D eigenvalue weighted by Crippen LogP contribution is -2.60.